The van der Waals surface area contributed by atoms with E-state index in [9.17, 15) is 14.4 Å². The fraction of sp³-hybridized carbons (Fsp3) is 0.348. The number of imidazole rings is 1. The Labute approximate surface area is 179 Å². The number of nitrogens with two attached hydrogens (primary N) is 1. The minimum absolute atomic E-state index is 0.247. The number of rotatable bonds is 6. The molecule has 0 unspecified atom stereocenters. The predicted molar refractivity (Wildman–Crippen MR) is 117 cm³/mol. The first-order valence-corrected chi connectivity index (χ1v) is 10.5. The predicted octanol–water partition coefficient (Wildman–Crippen LogP) is 1.88. The van der Waals surface area contributed by atoms with Crippen LogP contribution in [-0.4, -0.2) is 40.3 Å². The number of fused-ring (bicyclic) bond motifs is 1. The van der Waals surface area contributed by atoms with E-state index in [1.165, 1.54) is 0 Å². The highest BCUT2D eigenvalue weighted by Crippen LogP contribution is 2.20. The monoisotopic (exact) mass is 422 g/mol. The quantitative estimate of drug-likeness (QED) is 0.632. The minimum Gasteiger partial charge on any atom is -0.381 e. The molecule has 1 saturated heterocycles. The standard InChI is InChI=1S/C23H26N4O4/c24-21(28)18(14-16-6-2-1-3-7-16)25-22(29)27-20-9-5-4-8-19(20)26(23(27)30)15-17-10-12-31-13-11-17/h1-9,17-18H,10-15H2,(H2,24,28)(H,25,29)/t18-/m0/s1. The summed E-state index contributed by atoms with van der Waals surface area (Å²) in [6.07, 6.45) is 2.00. The van der Waals surface area contributed by atoms with Crippen molar-refractivity contribution >= 4 is 23.0 Å². The van der Waals surface area contributed by atoms with Crippen LogP contribution in [0.2, 0.25) is 0 Å². The van der Waals surface area contributed by atoms with Crippen molar-refractivity contribution in [2.45, 2.75) is 31.8 Å². The third kappa shape index (κ3) is 4.54. The SMILES string of the molecule is NC(=O)[C@H](Cc1ccccc1)NC(=O)n1c(=O)n(CC2CCOCC2)c2ccccc21. The fourth-order valence-electron chi connectivity index (χ4n) is 4.05. The second kappa shape index (κ2) is 9.18. The summed E-state index contributed by atoms with van der Waals surface area (Å²) in [5.41, 5.74) is 7.16. The number of ether oxygens (including phenoxy) is 1. The maximum atomic E-state index is 13.2. The molecule has 0 spiro atoms. The first-order valence-electron chi connectivity index (χ1n) is 10.5. The molecule has 1 aromatic heterocycles. The Kier molecular flexibility index (Phi) is 6.18. The summed E-state index contributed by atoms with van der Waals surface area (Å²) in [6, 6.07) is 14.9. The van der Waals surface area contributed by atoms with Gasteiger partial charge in [-0.2, -0.15) is 0 Å². The van der Waals surface area contributed by atoms with E-state index in [-0.39, 0.29) is 6.42 Å². The largest absolute Gasteiger partial charge is 0.381 e. The number of nitrogens with zero attached hydrogens (tertiary/aromatic N) is 2. The molecule has 2 aromatic carbocycles. The normalized spacial score (nSPS) is 15.6. The van der Waals surface area contributed by atoms with Gasteiger partial charge in [-0.25, -0.2) is 14.2 Å². The van der Waals surface area contributed by atoms with Crippen LogP contribution in [0.5, 0.6) is 0 Å². The number of carbonyl (C=O) groups is 2. The van der Waals surface area contributed by atoms with Crippen molar-refractivity contribution in [1.29, 1.82) is 0 Å². The van der Waals surface area contributed by atoms with Gasteiger partial charge in [0.1, 0.15) is 6.04 Å². The summed E-state index contributed by atoms with van der Waals surface area (Å²) in [5, 5.41) is 2.65. The first kappa shape index (κ1) is 20.9. The molecule has 0 aliphatic carbocycles. The molecule has 2 heterocycles. The van der Waals surface area contributed by atoms with Crippen LogP contribution in [0.4, 0.5) is 4.79 Å². The highest BCUT2D eigenvalue weighted by molar-refractivity contribution is 5.92. The lowest BCUT2D eigenvalue weighted by molar-refractivity contribution is -0.119. The second-order valence-corrected chi connectivity index (χ2v) is 7.87. The second-order valence-electron chi connectivity index (χ2n) is 7.87. The van der Waals surface area contributed by atoms with Gasteiger partial charge in [0.15, 0.2) is 0 Å². The molecule has 4 rings (SSSR count). The Balaban J connectivity index is 1.63. The number of amides is 2. The fourth-order valence-corrected chi connectivity index (χ4v) is 4.05. The summed E-state index contributed by atoms with van der Waals surface area (Å²) in [7, 11) is 0. The molecule has 8 nitrogen and oxygen atoms in total. The zero-order chi connectivity index (χ0) is 21.8. The van der Waals surface area contributed by atoms with Crippen molar-refractivity contribution in [2.75, 3.05) is 13.2 Å². The van der Waals surface area contributed by atoms with Crippen molar-refractivity contribution in [3.8, 4) is 0 Å². The zero-order valence-electron chi connectivity index (χ0n) is 17.2. The smallest absolute Gasteiger partial charge is 0.337 e. The molecule has 8 heteroatoms. The van der Waals surface area contributed by atoms with Crippen LogP contribution in [0, 0.1) is 5.92 Å². The molecule has 1 aliphatic rings. The number of carbonyl (C=O) groups excluding carboxylic acids is 2. The summed E-state index contributed by atoms with van der Waals surface area (Å²) >= 11 is 0. The maximum Gasteiger partial charge on any atom is 0.337 e. The van der Waals surface area contributed by atoms with Gasteiger partial charge in [-0.05, 0) is 36.5 Å². The number of primary amides is 1. The highest BCUT2D eigenvalue weighted by atomic mass is 16.5. The van der Waals surface area contributed by atoms with Gasteiger partial charge < -0.3 is 15.8 Å². The Hall–Kier alpha value is -3.39. The topological polar surface area (TPSA) is 108 Å². The molecule has 3 N–H and O–H groups in total. The zero-order valence-corrected chi connectivity index (χ0v) is 17.2. The van der Waals surface area contributed by atoms with E-state index < -0.39 is 23.7 Å². The van der Waals surface area contributed by atoms with Gasteiger partial charge in [-0.1, -0.05) is 42.5 Å². The number of nitrogens with one attached hydrogen (secondary N) is 1. The van der Waals surface area contributed by atoms with Crippen LogP contribution >= 0.6 is 0 Å². The van der Waals surface area contributed by atoms with Crippen LogP contribution in [0.15, 0.2) is 59.4 Å². The average molecular weight is 422 g/mol. The van der Waals surface area contributed by atoms with E-state index in [0.29, 0.717) is 36.7 Å². The number of hydrogen-bond acceptors (Lipinski definition) is 4. The third-order valence-corrected chi connectivity index (χ3v) is 5.74. The number of aromatic nitrogens is 2. The molecule has 31 heavy (non-hydrogen) atoms. The van der Waals surface area contributed by atoms with Crippen molar-refractivity contribution in [2.24, 2.45) is 11.7 Å². The highest BCUT2D eigenvalue weighted by Gasteiger charge is 2.25. The lowest BCUT2D eigenvalue weighted by atomic mass is 10.0. The third-order valence-electron chi connectivity index (χ3n) is 5.74. The van der Waals surface area contributed by atoms with Crippen molar-refractivity contribution in [3.05, 3.63) is 70.6 Å². The van der Waals surface area contributed by atoms with E-state index in [1.807, 2.05) is 42.5 Å². The van der Waals surface area contributed by atoms with Gasteiger partial charge in [-0.15, -0.1) is 0 Å². The van der Waals surface area contributed by atoms with Gasteiger partial charge in [0, 0.05) is 26.2 Å². The summed E-state index contributed by atoms with van der Waals surface area (Å²) in [4.78, 5) is 38.3. The van der Waals surface area contributed by atoms with Gasteiger partial charge >= 0.3 is 11.7 Å². The summed E-state index contributed by atoms with van der Waals surface area (Å²) in [6.45, 7) is 1.88. The molecule has 162 valence electrons. The average Bonchev–Trinajstić information content (AvgIpc) is 3.06. The molecule has 3 aromatic rings. The van der Waals surface area contributed by atoms with Crippen LogP contribution in [0.25, 0.3) is 11.0 Å². The van der Waals surface area contributed by atoms with E-state index in [1.54, 1.807) is 16.7 Å². The number of para-hydroxylation sites is 2. The molecular weight excluding hydrogens is 396 g/mol. The molecule has 0 saturated carbocycles. The molecule has 1 fully saturated rings. The van der Waals surface area contributed by atoms with E-state index in [2.05, 4.69) is 5.32 Å². The molecule has 2 amide bonds. The van der Waals surface area contributed by atoms with Crippen LogP contribution < -0.4 is 16.7 Å². The Morgan fingerprint density at radius 1 is 1.03 bits per heavy atom. The number of hydrogen-bond donors (Lipinski definition) is 2. The van der Waals surface area contributed by atoms with E-state index in [0.717, 1.165) is 23.0 Å². The van der Waals surface area contributed by atoms with Gasteiger partial charge in [0.2, 0.25) is 5.91 Å². The van der Waals surface area contributed by atoms with Crippen LogP contribution in [-0.2, 0) is 22.5 Å². The number of benzene rings is 2. The molecular formula is C23H26N4O4. The van der Waals surface area contributed by atoms with Crippen molar-refractivity contribution < 1.29 is 14.3 Å². The van der Waals surface area contributed by atoms with Crippen molar-refractivity contribution in [1.82, 2.24) is 14.5 Å². The van der Waals surface area contributed by atoms with Gasteiger partial charge in [0.05, 0.1) is 11.0 Å². The van der Waals surface area contributed by atoms with E-state index >= 15 is 0 Å². The molecule has 1 aliphatic heterocycles. The lowest BCUT2D eigenvalue weighted by Crippen LogP contribution is -2.49. The van der Waals surface area contributed by atoms with E-state index in [4.69, 9.17) is 10.5 Å². The molecule has 1 atom stereocenters. The Morgan fingerprint density at radius 2 is 1.68 bits per heavy atom. The van der Waals surface area contributed by atoms with Crippen molar-refractivity contribution in [3.63, 3.8) is 0 Å². The van der Waals surface area contributed by atoms with Gasteiger partial charge in [0.25, 0.3) is 0 Å². The van der Waals surface area contributed by atoms with Crippen LogP contribution in [0.3, 0.4) is 0 Å². The minimum atomic E-state index is -0.931. The maximum absolute atomic E-state index is 13.2. The summed E-state index contributed by atoms with van der Waals surface area (Å²) < 4.78 is 8.15. The Morgan fingerprint density at radius 3 is 2.35 bits per heavy atom. The summed E-state index contributed by atoms with van der Waals surface area (Å²) in [5.74, 6) is -0.346. The van der Waals surface area contributed by atoms with Crippen LogP contribution in [0.1, 0.15) is 18.4 Å². The van der Waals surface area contributed by atoms with Gasteiger partial charge in [-0.3, -0.25) is 9.36 Å². The first-order chi connectivity index (χ1) is 15.0. The molecule has 0 bridgehead atoms. The lowest BCUT2D eigenvalue weighted by Gasteiger charge is -2.22. The molecule has 0 radical (unpaired) electrons. The Bertz CT molecular complexity index is 1130.